The van der Waals surface area contributed by atoms with E-state index >= 15 is 0 Å². The summed E-state index contributed by atoms with van der Waals surface area (Å²) in [5.41, 5.74) is 7.37. The molecular weight excluding hydrogens is 342 g/mol. The van der Waals surface area contributed by atoms with E-state index in [-0.39, 0.29) is 16.1 Å². The van der Waals surface area contributed by atoms with E-state index in [0.29, 0.717) is 0 Å². The molecule has 3 aromatic carbocycles. The quantitative estimate of drug-likeness (QED) is 0.643. The Morgan fingerprint density at radius 3 is 2.32 bits per heavy atom. The summed E-state index contributed by atoms with van der Waals surface area (Å²) >= 11 is 0.877. The lowest BCUT2D eigenvalue weighted by Crippen LogP contribution is -2.11. The van der Waals surface area contributed by atoms with Crippen molar-refractivity contribution in [3.8, 4) is 11.1 Å². The first kappa shape index (κ1) is 17.0. The zero-order valence-electron chi connectivity index (χ0n) is 13.0. The highest BCUT2D eigenvalue weighted by atomic mass is 32.2. The fraction of sp³-hybridized carbons (Fsp3) is 0. The van der Waals surface area contributed by atoms with E-state index in [4.69, 9.17) is 5.73 Å². The second-order valence-corrected chi connectivity index (χ2v) is 6.12. The van der Waals surface area contributed by atoms with Crippen LogP contribution >= 0.6 is 11.9 Å². The third kappa shape index (κ3) is 3.97. The largest absolute Gasteiger partial charge is 0.366 e. The minimum atomic E-state index is -0.654. The Hall–Kier alpha value is -2.86. The molecule has 3 aromatic rings. The molecular formula is C19H14F2N2OS. The number of anilines is 1. The highest BCUT2D eigenvalue weighted by molar-refractivity contribution is 8.00. The van der Waals surface area contributed by atoms with Gasteiger partial charge in [-0.2, -0.15) is 0 Å². The molecule has 0 bridgehead atoms. The summed E-state index contributed by atoms with van der Waals surface area (Å²) in [7, 11) is 0. The Morgan fingerprint density at radius 2 is 1.60 bits per heavy atom. The number of carbonyl (C=O) groups excluding carboxylic acids is 1. The Kier molecular flexibility index (Phi) is 5.00. The molecule has 6 heteroatoms. The first-order valence-electron chi connectivity index (χ1n) is 7.42. The number of rotatable bonds is 5. The van der Waals surface area contributed by atoms with E-state index in [0.717, 1.165) is 29.1 Å². The highest BCUT2D eigenvalue weighted by Crippen LogP contribution is 2.29. The maximum Gasteiger partial charge on any atom is 0.248 e. The van der Waals surface area contributed by atoms with Crippen molar-refractivity contribution in [2.75, 3.05) is 4.72 Å². The molecule has 3 rings (SSSR count). The van der Waals surface area contributed by atoms with Crippen molar-refractivity contribution >= 4 is 23.5 Å². The van der Waals surface area contributed by atoms with Crippen molar-refractivity contribution in [1.82, 2.24) is 0 Å². The average molecular weight is 356 g/mol. The van der Waals surface area contributed by atoms with Gasteiger partial charge in [0.05, 0.1) is 10.6 Å². The molecule has 0 fully saturated rings. The van der Waals surface area contributed by atoms with Crippen molar-refractivity contribution in [2.24, 2.45) is 5.73 Å². The predicted octanol–water partition coefficient (Wildman–Crippen LogP) is 4.85. The first-order chi connectivity index (χ1) is 12.0. The lowest BCUT2D eigenvalue weighted by molar-refractivity contribution is 0.1000. The van der Waals surface area contributed by atoms with Crippen molar-refractivity contribution < 1.29 is 13.6 Å². The van der Waals surface area contributed by atoms with Gasteiger partial charge in [0.15, 0.2) is 0 Å². The Labute approximate surface area is 148 Å². The van der Waals surface area contributed by atoms with Gasteiger partial charge < -0.3 is 10.5 Å². The molecule has 0 aliphatic carbocycles. The van der Waals surface area contributed by atoms with Gasteiger partial charge in [0, 0.05) is 5.56 Å². The molecule has 0 atom stereocenters. The van der Waals surface area contributed by atoms with Crippen LogP contribution in [0.15, 0.2) is 71.6 Å². The third-order valence-electron chi connectivity index (χ3n) is 3.56. The van der Waals surface area contributed by atoms with Gasteiger partial charge in [0.1, 0.15) is 11.6 Å². The maximum atomic E-state index is 14.1. The summed E-state index contributed by atoms with van der Waals surface area (Å²) in [4.78, 5) is 11.4. The zero-order chi connectivity index (χ0) is 17.8. The number of halogens is 2. The van der Waals surface area contributed by atoms with Crippen LogP contribution in [0.4, 0.5) is 14.5 Å². The number of hydrogen-bond acceptors (Lipinski definition) is 3. The predicted molar refractivity (Wildman–Crippen MR) is 96.2 cm³/mol. The van der Waals surface area contributed by atoms with Crippen LogP contribution in [0, 0.1) is 11.6 Å². The van der Waals surface area contributed by atoms with Gasteiger partial charge in [-0.3, -0.25) is 4.79 Å². The van der Waals surface area contributed by atoms with E-state index in [1.54, 1.807) is 12.1 Å². The van der Waals surface area contributed by atoms with Gasteiger partial charge in [-0.25, -0.2) is 8.78 Å². The molecule has 0 saturated carbocycles. The summed E-state index contributed by atoms with van der Waals surface area (Å²) in [6, 6.07) is 18.0. The Morgan fingerprint density at radius 1 is 0.880 bits per heavy atom. The summed E-state index contributed by atoms with van der Waals surface area (Å²) in [6.07, 6.45) is 0. The van der Waals surface area contributed by atoms with Crippen LogP contribution in [0.1, 0.15) is 10.4 Å². The molecule has 1 amide bonds. The van der Waals surface area contributed by atoms with Crippen LogP contribution in [0.25, 0.3) is 11.1 Å². The fourth-order valence-corrected chi connectivity index (χ4v) is 2.99. The molecule has 25 heavy (non-hydrogen) atoms. The monoisotopic (exact) mass is 356 g/mol. The third-order valence-corrected chi connectivity index (χ3v) is 4.41. The lowest BCUT2D eigenvalue weighted by atomic mass is 10.1. The molecule has 3 N–H and O–H groups in total. The summed E-state index contributed by atoms with van der Waals surface area (Å²) in [5.74, 6) is -1.64. The van der Waals surface area contributed by atoms with Crippen LogP contribution < -0.4 is 10.5 Å². The number of primary amides is 1. The standard InChI is InChI=1S/C19H14F2N2OS/c20-15-8-6-13(12-4-2-1-3-5-12)10-17(15)23-25-18-11-14(19(22)24)7-9-16(18)21/h1-11,23H,(H2,22,24). The molecule has 3 nitrogen and oxygen atoms in total. The normalized spacial score (nSPS) is 10.5. The number of benzene rings is 3. The number of nitrogens with two attached hydrogens (primary N) is 1. The molecule has 0 aromatic heterocycles. The second-order valence-electron chi connectivity index (χ2n) is 5.27. The van der Waals surface area contributed by atoms with Crippen molar-refractivity contribution in [3.63, 3.8) is 0 Å². The average Bonchev–Trinajstić information content (AvgIpc) is 2.62. The van der Waals surface area contributed by atoms with Crippen molar-refractivity contribution in [1.29, 1.82) is 0 Å². The number of carbonyl (C=O) groups is 1. The van der Waals surface area contributed by atoms with Crippen LogP contribution in [0.5, 0.6) is 0 Å². The maximum absolute atomic E-state index is 14.1. The Balaban J connectivity index is 1.84. The van der Waals surface area contributed by atoms with E-state index < -0.39 is 17.5 Å². The summed E-state index contributed by atoms with van der Waals surface area (Å²) < 4.78 is 30.7. The molecule has 0 aliphatic rings. The first-order valence-corrected chi connectivity index (χ1v) is 8.23. The van der Waals surface area contributed by atoms with Crippen LogP contribution in [-0.2, 0) is 0 Å². The Bertz CT molecular complexity index is 917. The molecule has 0 radical (unpaired) electrons. The van der Waals surface area contributed by atoms with Gasteiger partial charge in [0.25, 0.3) is 0 Å². The van der Waals surface area contributed by atoms with E-state index in [1.165, 1.54) is 18.2 Å². The van der Waals surface area contributed by atoms with Gasteiger partial charge in [0.2, 0.25) is 5.91 Å². The van der Waals surface area contributed by atoms with Crippen LogP contribution in [0.2, 0.25) is 0 Å². The molecule has 126 valence electrons. The van der Waals surface area contributed by atoms with Gasteiger partial charge in [-0.1, -0.05) is 36.4 Å². The smallest absolute Gasteiger partial charge is 0.248 e. The second kappa shape index (κ2) is 7.36. The summed E-state index contributed by atoms with van der Waals surface area (Å²) in [5, 5.41) is 0. The zero-order valence-corrected chi connectivity index (χ0v) is 13.8. The molecule has 0 aliphatic heterocycles. The SMILES string of the molecule is NC(=O)c1ccc(F)c(SNc2cc(-c3ccccc3)ccc2F)c1. The number of nitrogens with one attached hydrogen (secondary N) is 1. The topological polar surface area (TPSA) is 55.1 Å². The van der Waals surface area contributed by atoms with Gasteiger partial charge in [-0.05, 0) is 53.4 Å². The van der Waals surface area contributed by atoms with Crippen LogP contribution in [0.3, 0.4) is 0 Å². The molecule has 0 spiro atoms. The lowest BCUT2D eigenvalue weighted by Gasteiger charge is -2.10. The van der Waals surface area contributed by atoms with E-state index in [9.17, 15) is 13.6 Å². The minimum Gasteiger partial charge on any atom is -0.366 e. The minimum absolute atomic E-state index is 0.154. The molecule has 0 saturated heterocycles. The van der Waals surface area contributed by atoms with E-state index in [1.807, 2.05) is 30.3 Å². The fourth-order valence-electron chi connectivity index (χ4n) is 2.26. The highest BCUT2D eigenvalue weighted by Gasteiger charge is 2.10. The van der Waals surface area contributed by atoms with Gasteiger partial charge in [-0.15, -0.1) is 0 Å². The van der Waals surface area contributed by atoms with Gasteiger partial charge >= 0.3 is 0 Å². The van der Waals surface area contributed by atoms with Crippen molar-refractivity contribution in [3.05, 3.63) is 83.9 Å². The molecule has 0 unspecified atom stereocenters. The molecule has 0 heterocycles. The van der Waals surface area contributed by atoms with Crippen LogP contribution in [-0.4, -0.2) is 5.91 Å². The van der Waals surface area contributed by atoms with E-state index in [2.05, 4.69) is 4.72 Å². The van der Waals surface area contributed by atoms with Crippen molar-refractivity contribution in [2.45, 2.75) is 4.90 Å². The number of amides is 1. The number of hydrogen-bond donors (Lipinski definition) is 2. The summed E-state index contributed by atoms with van der Waals surface area (Å²) in [6.45, 7) is 0.